The Hall–Kier alpha value is -0.340. The maximum atomic E-state index is 11.9. The number of hydrogen-bond donors (Lipinski definition) is 2. The summed E-state index contributed by atoms with van der Waals surface area (Å²) in [7, 11) is 0. The molecule has 0 heterocycles. The van der Waals surface area contributed by atoms with Gasteiger partial charge in [0.05, 0.1) is 39.1 Å². The second-order valence-corrected chi connectivity index (χ2v) is 3.91. The van der Waals surface area contributed by atoms with Gasteiger partial charge in [-0.2, -0.15) is 0 Å². The third-order valence-electron chi connectivity index (χ3n) is 1.96. The van der Waals surface area contributed by atoms with Gasteiger partial charge < -0.3 is 24.4 Å². The van der Waals surface area contributed by atoms with Crippen molar-refractivity contribution in [3.05, 3.63) is 0 Å². The molecule has 3 atom stereocenters. The van der Waals surface area contributed by atoms with Crippen LogP contribution < -0.4 is 0 Å². The highest BCUT2D eigenvalue weighted by Gasteiger charge is 2.08. The summed E-state index contributed by atoms with van der Waals surface area (Å²) in [4.78, 5) is 0. The van der Waals surface area contributed by atoms with Crippen molar-refractivity contribution in [3.63, 3.8) is 0 Å². The molecule has 0 aromatic rings. The lowest BCUT2D eigenvalue weighted by Gasteiger charge is -2.15. The lowest BCUT2D eigenvalue weighted by atomic mass is 10.4. The van der Waals surface area contributed by atoms with Gasteiger partial charge in [0.25, 0.3) is 0 Å². The Labute approximate surface area is 106 Å². The molecule has 0 spiro atoms. The average Bonchev–Trinajstić information content (AvgIpc) is 2.39. The van der Waals surface area contributed by atoms with E-state index in [0.717, 1.165) is 0 Å². The molecule has 0 amide bonds. The highest BCUT2D eigenvalue weighted by molar-refractivity contribution is 4.54. The van der Waals surface area contributed by atoms with Crippen LogP contribution in [0.15, 0.2) is 0 Å². The van der Waals surface area contributed by atoms with Crippen molar-refractivity contribution < 1.29 is 33.2 Å². The average molecular weight is 272 g/mol. The maximum absolute atomic E-state index is 11.9. The fourth-order valence-electron chi connectivity index (χ4n) is 0.999. The lowest BCUT2D eigenvalue weighted by Crippen LogP contribution is -2.25. The van der Waals surface area contributed by atoms with E-state index in [1.165, 1.54) is 0 Å². The van der Waals surface area contributed by atoms with Crippen LogP contribution in [-0.4, -0.2) is 74.9 Å². The third kappa shape index (κ3) is 10.8. The molecule has 7 heteroatoms. The molecule has 3 unspecified atom stereocenters. The van der Waals surface area contributed by atoms with Crippen LogP contribution in [0.3, 0.4) is 0 Å². The van der Waals surface area contributed by atoms with E-state index in [1.54, 1.807) is 6.92 Å². The first-order chi connectivity index (χ1) is 8.60. The van der Waals surface area contributed by atoms with Gasteiger partial charge in [0, 0.05) is 0 Å². The van der Waals surface area contributed by atoms with E-state index in [9.17, 15) is 8.78 Å². The molecule has 0 saturated heterocycles. The first kappa shape index (κ1) is 17.7. The van der Waals surface area contributed by atoms with Crippen molar-refractivity contribution >= 4 is 0 Å². The zero-order chi connectivity index (χ0) is 13.8. The summed E-state index contributed by atoms with van der Waals surface area (Å²) in [6.07, 6.45) is -2.45. The summed E-state index contributed by atoms with van der Waals surface area (Å²) in [5.74, 6) is 0. The monoisotopic (exact) mass is 272 g/mol. The van der Waals surface area contributed by atoms with Crippen molar-refractivity contribution in [2.75, 3.05) is 46.4 Å². The van der Waals surface area contributed by atoms with E-state index in [1.807, 2.05) is 0 Å². The van der Waals surface area contributed by atoms with E-state index >= 15 is 0 Å². The molecule has 0 fully saturated rings. The minimum Gasteiger partial charge on any atom is -0.388 e. The van der Waals surface area contributed by atoms with Gasteiger partial charge in [-0.25, -0.2) is 8.78 Å². The largest absolute Gasteiger partial charge is 0.388 e. The van der Waals surface area contributed by atoms with Gasteiger partial charge in [-0.1, -0.05) is 0 Å². The van der Waals surface area contributed by atoms with E-state index in [0.29, 0.717) is 6.61 Å². The van der Waals surface area contributed by atoms with E-state index in [2.05, 4.69) is 0 Å². The third-order valence-corrected chi connectivity index (χ3v) is 1.96. The molecule has 0 aliphatic rings. The molecular weight excluding hydrogens is 250 g/mol. The Bertz CT molecular complexity index is 185. The predicted octanol–water partition coefficient (Wildman–Crippen LogP) is 0.0855. The van der Waals surface area contributed by atoms with E-state index in [-0.39, 0.29) is 32.5 Å². The first-order valence-corrected chi connectivity index (χ1v) is 5.85. The van der Waals surface area contributed by atoms with Gasteiger partial charge in [0.15, 0.2) is 0 Å². The molecule has 0 aliphatic carbocycles. The minimum absolute atomic E-state index is 0.0609. The van der Waals surface area contributed by atoms with Gasteiger partial charge in [-0.15, -0.1) is 0 Å². The molecule has 0 aromatic carbocycles. The summed E-state index contributed by atoms with van der Waals surface area (Å²) < 4.78 is 38.9. The normalized spacial score (nSPS) is 16.5. The molecule has 0 aromatic heterocycles. The fraction of sp³-hybridized carbons (Fsp3) is 1.00. The number of ether oxygens (including phenoxy) is 3. The van der Waals surface area contributed by atoms with Gasteiger partial charge >= 0.3 is 0 Å². The summed E-state index contributed by atoms with van der Waals surface area (Å²) in [5, 5.41) is 17.7. The van der Waals surface area contributed by atoms with Crippen LogP contribution in [0.4, 0.5) is 8.78 Å². The maximum Gasteiger partial charge on any atom is 0.118 e. The Kier molecular flexibility index (Phi) is 11.5. The molecule has 110 valence electrons. The number of rotatable bonds is 12. The topological polar surface area (TPSA) is 68.2 Å². The number of hydrogen-bond acceptors (Lipinski definition) is 5. The van der Waals surface area contributed by atoms with Gasteiger partial charge in [-0.05, 0) is 6.92 Å². The van der Waals surface area contributed by atoms with Crippen LogP contribution in [0.25, 0.3) is 0 Å². The van der Waals surface area contributed by atoms with Crippen LogP contribution in [-0.2, 0) is 14.2 Å². The Morgan fingerprint density at radius 3 is 1.94 bits per heavy atom. The standard InChI is InChI=1S/C11H22F2O5/c1-9(18-8-11(15)5-13)6-16-2-3-17-7-10(14)4-12/h9-11,14-15H,2-8H2,1H3. The van der Waals surface area contributed by atoms with Crippen LogP contribution >= 0.6 is 0 Å². The SMILES string of the molecule is CC(COCCOCC(O)CF)OCC(O)CF. The van der Waals surface area contributed by atoms with Crippen LogP contribution in [0.1, 0.15) is 6.92 Å². The predicted molar refractivity (Wildman–Crippen MR) is 61.0 cm³/mol. The van der Waals surface area contributed by atoms with Crippen LogP contribution in [0.2, 0.25) is 0 Å². The van der Waals surface area contributed by atoms with E-state index < -0.39 is 25.6 Å². The minimum atomic E-state index is -1.10. The zero-order valence-corrected chi connectivity index (χ0v) is 10.6. The number of aliphatic hydroxyl groups is 2. The van der Waals surface area contributed by atoms with Gasteiger partial charge in [0.2, 0.25) is 0 Å². The Morgan fingerprint density at radius 1 is 0.889 bits per heavy atom. The molecule has 0 radical (unpaired) electrons. The van der Waals surface area contributed by atoms with Crippen molar-refractivity contribution in [1.29, 1.82) is 0 Å². The smallest absolute Gasteiger partial charge is 0.118 e. The quantitative estimate of drug-likeness (QED) is 0.493. The molecule has 2 N–H and O–H groups in total. The lowest BCUT2D eigenvalue weighted by molar-refractivity contribution is -0.0571. The molecular formula is C11H22F2O5. The van der Waals surface area contributed by atoms with Crippen molar-refractivity contribution in [3.8, 4) is 0 Å². The summed E-state index contributed by atoms with van der Waals surface area (Å²) in [6, 6.07) is 0. The molecule has 18 heavy (non-hydrogen) atoms. The van der Waals surface area contributed by atoms with Crippen molar-refractivity contribution in [2.45, 2.75) is 25.2 Å². The molecule has 0 bridgehead atoms. The summed E-state index contributed by atoms with van der Waals surface area (Å²) in [5.41, 5.74) is 0. The van der Waals surface area contributed by atoms with Crippen LogP contribution in [0, 0.1) is 0 Å². The number of halogens is 2. The molecule has 0 saturated carbocycles. The van der Waals surface area contributed by atoms with Crippen LogP contribution in [0.5, 0.6) is 0 Å². The highest BCUT2D eigenvalue weighted by Crippen LogP contribution is 1.95. The highest BCUT2D eigenvalue weighted by atomic mass is 19.1. The Morgan fingerprint density at radius 2 is 1.39 bits per heavy atom. The summed E-state index contributed by atoms with van der Waals surface area (Å²) >= 11 is 0. The second kappa shape index (κ2) is 11.7. The van der Waals surface area contributed by atoms with Crippen molar-refractivity contribution in [1.82, 2.24) is 0 Å². The van der Waals surface area contributed by atoms with Gasteiger partial charge in [0.1, 0.15) is 25.6 Å². The zero-order valence-electron chi connectivity index (χ0n) is 10.6. The number of alkyl halides is 2. The molecule has 0 aliphatic heterocycles. The Balaban J connectivity index is 3.27. The summed E-state index contributed by atoms with van der Waals surface area (Å²) in [6.45, 7) is 0.762. The molecule has 5 nitrogen and oxygen atoms in total. The fourth-order valence-corrected chi connectivity index (χ4v) is 0.999. The van der Waals surface area contributed by atoms with Crippen molar-refractivity contribution in [2.24, 2.45) is 0 Å². The first-order valence-electron chi connectivity index (χ1n) is 5.85. The number of aliphatic hydroxyl groups excluding tert-OH is 2. The molecule has 0 rings (SSSR count). The van der Waals surface area contributed by atoms with E-state index in [4.69, 9.17) is 24.4 Å². The second-order valence-electron chi connectivity index (χ2n) is 3.91. The van der Waals surface area contributed by atoms with Gasteiger partial charge in [-0.3, -0.25) is 0 Å².